The number of nitrogens with one attached hydrogen (secondary N) is 1. The molecule has 66 valence electrons. The number of rotatable bonds is 3. The molecule has 1 rings (SSSR count). The van der Waals surface area contributed by atoms with Crippen molar-refractivity contribution in [2.45, 2.75) is 11.6 Å². The number of hydrogen-bond acceptors (Lipinski definition) is 5. The molecule has 0 saturated carbocycles. The minimum absolute atomic E-state index is 0.0869. The van der Waals surface area contributed by atoms with Crippen LogP contribution in [-0.2, 0) is 6.42 Å². The molecule has 12 heavy (non-hydrogen) atoms. The van der Waals surface area contributed by atoms with Crippen LogP contribution in [0.3, 0.4) is 0 Å². The first-order valence-corrected chi connectivity index (χ1v) is 4.61. The largest absolute Gasteiger partial charge is 0.396 e. The van der Waals surface area contributed by atoms with Gasteiger partial charge in [0.1, 0.15) is 5.69 Å². The lowest BCUT2D eigenvalue weighted by atomic mass is 10.3. The fraction of sp³-hybridized carbons (Fsp3) is 0.500. The van der Waals surface area contributed by atoms with Crippen molar-refractivity contribution in [3.63, 3.8) is 0 Å². The van der Waals surface area contributed by atoms with Gasteiger partial charge in [-0.05, 0) is 6.26 Å². The Bertz CT molecular complexity index is 312. The first kappa shape index (κ1) is 9.21. The summed E-state index contributed by atoms with van der Waals surface area (Å²) in [5.74, 6) is 0. The van der Waals surface area contributed by atoms with Crippen molar-refractivity contribution in [2.24, 2.45) is 0 Å². The molecule has 0 spiro atoms. The predicted molar refractivity (Wildman–Crippen MR) is 45.2 cm³/mol. The van der Waals surface area contributed by atoms with Gasteiger partial charge in [0.05, 0.1) is 0 Å². The van der Waals surface area contributed by atoms with Crippen molar-refractivity contribution < 1.29 is 5.11 Å². The van der Waals surface area contributed by atoms with E-state index in [2.05, 4.69) is 15.2 Å². The lowest BCUT2D eigenvalue weighted by Crippen LogP contribution is -2.18. The van der Waals surface area contributed by atoms with Crippen LogP contribution in [0, 0.1) is 0 Å². The molecule has 0 aliphatic carbocycles. The van der Waals surface area contributed by atoms with Crippen molar-refractivity contribution in [1.82, 2.24) is 15.2 Å². The molecule has 6 heteroatoms. The van der Waals surface area contributed by atoms with Gasteiger partial charge in [0.2, 0.25) is 0 Å². The smallest absolute Gasteiger partial charge is 0.273 e. The van der Waals surface area contributed by atoms with Gasteiger partial charge in [0.25, 0.3) is 5.56 Å². The number of thioether (sulfide) groups is 1. The topological polar surface area (TPSA) is 78.9 Å². The van der Waals surface area contributed by atoms with E-state index >= 15 is 0 Å². The van der Waals surface area contributed by atoms with E-state index in [4.69, 9.17) is 5.11 Å². The molecule has 0 saturated heterocycles. The highest BCUT2D eigenvalue weighted by molar-refractivity contribution is 7.98. The molecule has 0 aliphatic rings. The maximum Gasteiger partial charge on any atom is 0.273 e. The summed E-state index contributed by atoms with van der Waals surface area (Å²) in [6.45, 7) is -0.0869. The van der Waals surface area contributed by atoms with Crippen LogP contribution in [-0.4, -0.2) is 33.2 Å². The quantitative estimate of drug-likeness (QED) is 0.619. The minimum Gasteiger partial charge on any atom is -0.396 e. The van der Waals surface area contributed by atoms with Gasteiger partial charge in [-0.25, -0.2) is 0 Å². The number of nitrogens with zero attached hydrogens (tertiary/aromatic N) is 2. The van der Waals surface area contributed by atoms with Crippen molar-refractivity contribution >= 4 is 11.8 Å². The van der Waals surface area contributed by atoms with E-state index < -0.39 is 0 Å². The van der Waals surface area contributed by atoms with E-state index in [1.165, 1.54) is 11.8 Å². The van der Waals surface area contributed by atoms with Gasteiger partial charge >= 0.3 is 0 Å². The summed E-state index contributed by atoms with van der Waals surface area (Å²) in [5.41, 5.74) is -0.00120. The fourth-order valence-electron chi connectivity index (χ4n) is 0.707. The zero-order valence-corrected chi connectivity index (χ0v) is 7.39. The van der Waals surface area contributed by atoms with Gasteiger partial charge in [0, 0.05) is 13.0 Å². The van der Waals surface area contributed by atoms with Gasteiger partial charge in [-0.3, -0.25) is 9.78 Å². The van der Waals surface area contributed by atoms with Gasteiger partial charge in [-0.2, -0.15) is 0 Å². The average Bonchev–Trinajstić information content (AvgIpc) is 2.09. The van der Waals surface area contributed by atoms with Gasteiger partial charge in [-0.1, -0.05) is 11.8 Å². The van der Waals surface area contributed by atoms with E-state index in [9.17, 15) is 4.79 Å². The minimum atomic E-state index is -0.275. The zero-order chi connectivity index (χ0) is 8.97. The Labute approximate surface area is 73.2 Å². The molecule has 0 atom stereocenters. The summed E-state index contributed by atoms with van der Waals surface area (Å²) < 4.78 is 0. The Kier molecular flexibility index (Phi) is 3.24. The van der Waals surface area contributed by atoms with E-state index in [1.807, 2.05) is 0 Å². The summed E-state index contributed by atoms with van der Waals surface area (Å²) in [6.07, 6.45) is 2.04. The SMILES string of the molecule is CSc1nnc(CCO)c(=O)[nH]1. The van der Waals surface area contributed by atoms with E-state index in [-0.39, 0.29) is 24.3 Å². The molecule has 0 amide bonds. The molecule has 0 aliphatic heterocycles. The zero-order valence-electron chi connectivity index (χ0n) is 6.57. The number of aromatic amines is 1. The lowest BCUT2D eigenvalue weighted by molar-refractivity contribution is 0.297. The van der Waals surface area contributed by atoms with Crippen LogP contribution >= 0.6 is 11.8 Å². The summed E-state index contributed by atoms with van der Waals surface area (Å²) in [4.78, 5) is 13.6. The number of aromatic nitrogens is 3. The molecule has 0 radical (unpaired) electrons. The first-order valence-electron chi connectivity index (χ1n) is 3.38. The Morgan fingerprint density at radius 2 is 2.33 bits per heavy atom. The second-order valence-corrected chi connectivity index (χ2v) is 2.88. The number of aliphatic hydroxyl groups excluding tert-OH is 1. The third-order valence-corrected chi connectivity index (χ3v) is 1.86. The molecule has 1 heterocycles. The van der Waals surface area contributed by atoms with Crippen LogP contribution in [0.15, 0.2) is 9.95 Å². The highest BCUT2D eigenvalue weighted by Crippen LogP contribution is 2.02. The summed E-state index contributed by atoms with van der Waals surface area (Å²) in [5, 5.41) is 16.4. The van der Waals surface area contributed by atoms with Crippen LogP contribution in [0.5, 0.6) is 0 Å². The molecule has 0 unspecified atom stereocenters. The normalized spacial score (nSPS) is 10.2. The van der Waals surface area contributed by atoms with Crippen molar-refractivity contribution in [3.05, 3.63) is 16.0 Å². The fourth-order valence-corrected chi connectivity index (χ4v) is 1.02. The van der Waals surface area contributed by atoms with Crippen LogP contribution in [0.25, 0.3) is 0 Å². The Morgan fingerprint density at radius 3 is 2.83 bits per heavy atom. The maximum atomic E-state index is 11.1. The second-order valence-electron chi connectivity index (χ2n) is 2.08. The van der Waals surface area contributed by atoms with E-state index in [0.29, 0.717) is 5.16 Å². The molecule has 1 aromatic rings. The van der Waals surface area contributed by atoms with Crippen LogP contribution < -0.4 is 5.56 Å². The number of hydrogen-bond donors (Lipinski definition) is 2. The standard InChI is InChI=1S/C6H9N3O2S/c1-12-6-7-5(11)4(2-3-10)8-9-6/h10H,2-3H2,1H3,(H,7,9,11). The van der Waals surface area contributed by atoms with Crippen molar-refractivity contribution in [3.8, 4) is 0 Å². The Morgan fingerprint density at radius 1 is 1.58 bits per heavy atom. The molecule has 1 aromatic heterocycles. The van der Waals surface area contributed by atoms with E-state index in [0.717, 1.165) is 0 Å². The summed E-state index contributed by atoms with van der Waals surface area (Å²) in [7, 11) is 0. The highest BCUT2D eigenvalue weighted by Gasteiger charge is 2.02. The molecular formula is C6H9N3O2S. The number of aliphatic hydroxyl groups is 1. The Hall–Kier alpha value is -0.880. The van der Waals surface area contributed by atoms with Gasteiger partial charge < -0.3 is 5.11 Å². The first-order chi connectivity index (χ1) is 5.77. The third kappa shape index (κ3) is 2.05. The summed E-state index contributed by atoms with van der Waals surface area (Å²) >= 11 is 1.32. The Balaban J connectivity index is 2.96. The summed E-state index contributed by atoms with van der Waals surface area (Å²) in [6, 6.07) is 0. The average molecular weight is 187 g/mol. The highest BCUT2D eigenvalue weighted by atomic mass is 32.2. The van der Waals surface area contributed by atoms with Crippen LogP contribution in [0.4, 0.5) is 0 Å². The van der Waals surface area contributed by atoms with Crippen LogP contribution in [0.2, 0.25) is 0 Å². The van der Waals surface area contributed by atoms with Crippen molar-refractivity contribution in [2.75, 3.05) is 12.9 Å². The monoisotopic (exact) mass is 187 g/mol. The van der Waals surface area contributed by atoms with Gasteiger partial charge in [0.15, 0.2) is 5.16 Å². The van der Waals surface area contributed by atoms with Gasteiger partial charge in [-0.15, -0.1) is 10.2 Å². The van der Waals surface area contributed by atoms with Crippen LogP contribution in [0.1, 0.15) is 5.69 Å². The lowest BCUT2D eigenvalue weighted by Gasteiger charge is -1.96. The molecule has 2 N–H and O–H groups in total. The van der Waals surface area contributed by atoms with E-state index in [1.54, 1.807) is 6.26 Å². The second kappa shape index (κ2) is 4.22. The maximum absolute atomic E-state index is 11.1. The molecule has 0 fully saturated rings. The molecule has 5 nitrogen and oxygen atoms in total. The predicted octanol–water partition coefficient (Wildman–Crippen LogP) is -0.578. The number of H-pyrrole nitrogens is 1. The molecule has 0 bridgehead atoms. The van der Waals surface area contributed by atoms with Crippen molar-refractivity contribution in [1.29, 1.82) is 0 Å². The third-order valence-electron chi connectivity index (χ3n) is 1.29. The molecular weight excluding hydrogens is 178 g/mol. The molecule has 0 aromatic carbocycles.